The molecule has 0 bridgehead atoms. The monoisotopic (exact) mass is 338 g/mol. The number of carbonyl (C=O) groups excluding carboxylic acids is 1. The number of hydrogen-bond donors (Lipinski definition) is 1. The Bertz CT molecular complexity index is 940. The molecule has 2 aromatic rings. The number of benzene rings is 1. The number of rotatable bonds is 3. The molecule has 0 unspecified atom stereocenters. The van der Waals surface area contributed by atoms with Crippen molar-refractivity contribution in [1.82, 2.24) is 15.2 Å². The second-order valence-electron chi connectivity index (χ2n) is 5.91. The van der Waals surface area contributed by atoms with Crippen LogP contribution in [0.15, 0.2) is 39.7 Å². The molecule has 25 heavy (non-hydrogen) atoms. The molecule has 1 amide bonds. The third-order valence-corrected chi connectivity index (χ3v) is 3.83. The average Bonchev–Trinajstić information content (AvgIpc) is 2.86. The van der Waals surface area contributed by atoms with Crippen molar-refractivity contribution in [3.05, 3.63) is 51.4 Å². The first kappa shape index (κ1) is 16.6. The SMILES string of the molecule is CC1=NN(c2nnc(C)c(=O)[nH]2)C(=O)/C1=C/c1ccc(N(C)C)cc1. The van der Waals surface area contributed by atoms with Crippen LogP contribution in [0.1, 0.15) is 18.2 Å². The second-order valence-corrected chi connectivity index (χ2v) is 5.91. The van der Waals surface area contributed by atoms with E-state index in [2.05, 4.69) is 20.3 Å². The molecule has 0 saturated carbocycles. The van der Waals surface area contributed by atoms with Crippen molar-refractivity contribution < 1.29 is 4.79 Å². The zero-order valence-electron chi connectivity index (χ0n) is 14.4. The van der Waals surface area contributed by atoms with Gasteiger partial charge in [0.1, 0.15) is 5.69 Å². The summed E-state index contributed by atoms with van der Waals surface area (Å²) >= 11 is 0. The van der Waals surface area contributed by atoms with Crippen molar-refractivity contribution in [1.29, 1.82) is 0 Å². The molecule has 0 atom stereocenters. The highest BCUT2D eigenvalue weighted by Gasteiger charge is 2.30. The van der Waals surface area contributed by atoms with Crippen LogP contribution in [0, 0.1) is 6.92 Å². The zero-order valence-corrected chi connectivity index (χ0v) is 14.4. The number of amides is 1. The van der Waals surface area contributed by atoms with Gasteiger partial charge in [0, 0.05) is 19.8 Å². The molecule has 1 N–H and O–H groups in total. The van der Waals surface area contributed by atoms with E-state index in [1.54, 1.807) is 19.9 Å². The van der Waals surface area contributed by atoms with Gasteiger partial charge in [0.2, 0.25) is 0 Å². The highest BCUT2D eigenvalue weighted by Crippen LogP contribution is 2.22. The van der Waals surface area contributed by atoms with Crippen LogP contribution in [0.3, 0.4) is 0 Å². The van der Waals surface area contributed by atoms with Crippen LogP contribution < -0.4 is 15.5 Å². The third kappa shape index (κ3) is 3.18. The van der Waals surface area contributed by atoms with Gasteiger partial charge < -0.3 is 4.90 Å². The van der Waals surface area contributed by atoms with Crippen LogP contribution in [0.2, 0.25) is 0 Å². The molecule has 1 aromatic heterocycles. The normalized spacial score (nSPS) is 15.7. The van der Waals surface area contributed by atoms with Gasteiger partial charge in [-0.3, -0.25) is 14.6 Å². The van der Waals surface area contributed by atoms with E-state index in [0.717, 1.165) is 16.3 Å². The third-order valence-electron chi connectivity index (χ3n) is 3.83. The molecule has 128 valence electrons. The molecule has 8 heteroatoms. The predicted octanol–water partition coefficient (Wildman–Crippen LogP) is 1.35. The summed E-state index contributed by atoms with van der Waals surface area (Å²) in [5.41, 5.74) is 2.77. The number of hydrogen-bond acceptors (Lipinski definition) is 6. The van der Waals surface area contributed by atoms with E-state index in [0.29, 0.717) is 11.3 Å². The smallest absolute Gasteiger partial charge is 0.283 e. The number of anilines is 2. The Morgan fingerprint density at radius 3 is 2.36 bits per heavy atom. The summed E-state index contributed by atoms with van der Waals surface area (Å²) < 4.78 is 0. The lowest BCUT2D eigenvalue weighted by atomic mass is 10.1. The van der Waals surface area contributed by atoms with Crippen LogP contribution in [-0.2, 0) is 4.79 Å². The predicted molar refractivity (Wildman–Crippen MR) is 96.7 cm³/mol. The largest absolute Gasteiger partial charge is 0.378 e. The van der Waals surface area contributed by atoms with Gasteiger partial charge >= 0.3 is 0 Å². The molecule has 3 rings (SSSR count). The average molecular weight is 338 g/mol. The molecule has 1 aliphatic rings. The van der Waals surface area contributed by atoms with Gasteiger partial charge in [0.25, 0.3) is 17.4 Å². The lowest BCUT2D eigenvalue weighted by Crippen LogP contribution is -2.27. The summed E-state index contributed by atoms with van der Waals surface area (Å²) in [7, 11) is 3.93. The number of hydrazone groups is 1. The van der Waals surface area contributed by atoms with Crippen LogP contribution >= 0.6 is 0 Å². The second kappa shape index (κ2) is 6.31. The van der Waals surface area contributed by atoms with E-state index < -0.39 is 5.56 Å². The van der Waals surface area contributed by atoms with Gasteiger partial charge in [-0.05, 0) is 37.6 Å². The maximum atomic E-state index is 12.6. The van der Waals surface area contributed by atoms with Gasteiger partial charge in [-0.25, -0.2) is 0 Å². The first-order chi connectivity index (χ1) is 11.9. The van der Waals surface area contributed by atoms with Gasteiger partial charge in [0.05, 0.1) is 11.3 Å². The first-order valence-electron chi connectivity index (χ1n) is 7.69. The number of nitrogens with one attached hydrogen (secondary N) is 1. The van der Waals surface area contributed by atoms with E-state index in [9.17, 15) is 9.59 Å². The maximum Gasteiger partial charge on any atom is 0.283 e. The number of aromatic amines is 1. The summed E-state index contributed by atoms with van der Waals surface area (Å²) in [4.78, 5) is 28.8. The molecule has 1 aliphatic heterocycles. The van der Waals surface area contributed by atoms with Gasteiger partial charge in [-0.15, -0.1) is 10.2 Å². The minimum absolute atomic E-state index is 0.00584. The summed E-state index contributed by atoms with van der Waals surface area (Å²) in [5.74, 6) is -0.353. The van der Waals surface area contributed by atoms with Gasteiger partial charge in [0.15, 0.2) is 0 Å². The van der Waals surface area contributed by atoms with Crippen LogP contribution in [0.4, 0.5) is 11.6 Å². The topological polar surface area (TPSA) is 94.5 Å². The van der Waals surface area contributed by atoms with Crippen LogP contribution in [0.5, 0.6) is 0 Å². The van der Waals surface area contributed by atoms with Gasteiger partial charge in [-0.2, -0.15) is 10.1 Å². The van der Waals surface area contributed by atoms with E-state index in [4.69, 9.17) is 0 Å². The Morgan fingerprint density at radius 1 is 1.08 bits per heavy atom. The molecule has 1 aromatic carbocycles. The highest BCUT2D eigenvalue weighted by atomic mass is 16.2. The van der Waals surface area contributed by atoms with Crippen LogP contribution in [-0.4, -0.2) is 40.9 Å². The molecule has 0 spiro atoms. The lowest BCUT2D eigenvalue weighted by molar-refractivity contribution is -0.114. The lowest BCUT2D eigenvalue weighted by Gasteiger charge is -2.12. The molecule has 0 radical (unpaired) electrons. The van der Waals surface area contributed by atoms with E-state index in [1.165, 1.54) is 0 Å². The summed E-state index contributed by atoms with van der Waals surface area (Å²) in [6, 6.07) is 7.80. The minimum atomic E-state index is -0.401. The fourth-order valence-corrected chi connectivity index (χ4v) is 2.34. The van der Waals surface area contributed by atoms with Crippen molar-refractivity contribution in [3.8, 4) is 0 Å². The molecule has 0 aliphatic carbocycles. The Morgan fingerprint density at radius 2 is 1.76 bits per heavy atom. The molecular weight excluding hydrogens is 320 g/mol. The number of aromatic nitrogens is 3. The fraction of sp³-hybridized carbons (Fsp3) is 0.235. The van der Waals surface area contributed by atoms with Crippen molar-refractivity contribution >= 4 is 29.3 Å². The number of H-pyrrole nitrogens is 1. The van der Waals surface area contributed by atoms with Crippen molar-refractivity contribution in [2.45, 2.75) is 13.8 Å². The fourth-order valence-electron chi connectivity index (χ4n) is 2.34. The van der Waals surface area contributed by atoms with Gasteiger partial charge in [-0.1, -0.05) is 12.1 Å². The standard InChI is InChI=1S/C17H18N6O2/c1-10-14(9-12-5-7-13(8-6-12)22(3)4)16(25)23(21-10)17-18-15(24)11(2)19-20-17/h5-9H,1-4H3,(H,18,20,24)/b14-9+. The van der Waals surface area contributed by atoms with Crippen LogP contribution in [0.25, 0.3) is 6.08 Å². The Labute approximate surface area is 144 Å². The van der Waals surface area contributed by atoms with E-state index in [1.807, 2.05) is 43.3 Å². The first-order valence-corrected chi connectivity index (χ1v) is 7.69. The summed E-state index contributed by atoms with van der Waals surface area (Å²) in [6.07, 6.45) is 1.76. The highest BCUT2D eigenvalue weighted by molar-refractivity contribution is 6.31. The molecule has 0 saturated heterocycles. The number of carbonyl (C=O) groups is 1. The van der Waals surface area contributed by atoms with E-state index >= 15 is 0 Å². The molecular formula is C17H18N6O2. The summed E-state index contributed by atoms with van der Waals surface area (Å²) in [6.45, 7) is 3.27. The number of aryl methyl sites for hydroxylation is 1. The quantitative estimate of drug-likeness (QED) is 0.853. The van der Waals surface area contributed by atoms with E-state index in [-0.39, 0.29) is 17.5 Å². The maximum absolute atomic E-state index is 12.6. The minimum Gasteiger partial charge on any atom is -0.378 e. The van der Waals surface area contributed by atoms with Crippen molar-refractivity contribution in [3.63, 3.8) is 0 Å². The number of nitrogens with zero attached hydrogens (tertiary/aromatic N) is 5. The summed E-state index contributed by atoms with van der Waals surface area (Å²) in [5, 5.41) is 12.8. The Kier molecular flexibility index (Phi) is 4.18. The molecule has 8 nitrogen and oxygen atoms in total. The Balaban J connectivity index is 1.91. The molecule has 2 heterocycles. The zero-order chi connectivity index (χ0) is 18.1. The van der Waals surface area contributed by atoms with Crippen molar-refractivity contribution in [2.24, 2.45) is 5.10 Å². The Hall–Kier alpha value is -3.29. The molecule has 0 fully saturated rings. The van der Waals surface area contributed by atoms with Crippen molar-refractivity contribution in [2.75, 3.05) is 24.0 Å².